The molecule has 0 aromatic heterocycles. The van der Waals surface area contributed by atoms with Gasteiger partial charge in [0.1, 0.15) is 30.5 Å². The van der Waals surface area contributed by atoms with E-state index in [4.69, 9.17) is 14.2 Å². The molecule has 2 heterocycles. The van der Waals surface area contributed by atoms with Crippen LogP contribution in [0.3, 0.4) is 0 Å². The average molecular weight is 424 g/mol. The summed E-state index contributed by atoms with van der Waals surface area (Å²) in [5.74, 6) is -1.96. The summed E-state index contributed by atoms with van der Waals surface area (Å²) in [7, 11) is 0. The number of ether oxygens (including phenoxy) is 3. The van der Waals surface area contributed by atoms with Crippen LogP contribution in [0.15, 0.2) is 23.8 Å². The van der Waals surface area contributed by atoms with Crippen LogP contribution in [0.5, 0.6) is 0 Å². The van der Waals surface area contributed by atoms with Gasteiger partial charge in [-0.05, 0) is 25.3 Å². The first-order valence-electron chi connectivity index (χ1n) is 10.2. The van der Waals surface area contributed by atoms with Crippen molar-refractivity contribution in [1.82, 2.24) is 0 Å². The van der Waals surface area contributed by atoms with Crippen LogP contribution in [0, 0.1) is 23.7 Å². The van der Waals surface area contributed by atoms with E-state index in [1.165, 1.54) is 0 Å². The molecule has 3 fully saturated rings. The Bertz CT molecular complexity index is 774. The molecule has 4 N–H and O–H groups in total. The fourth-order valence-corrected chi connectivity index (χ4v) is 5.39. The molecule has 2 aliphatic carbocycles. The molecule has 166 valence electrons. The summed E-state index contributed by atoms with van der Waals surface area (Å²) in [5.41, 5.74) is 1.17. The molecule has 0 amide bonds. The highest BCUT2D eigenvalue weighted by molar-refractivity contribution is 5.97. The fraction of sp³-hybridized carbons (Fsp3) is 0.714. The smallest absolute Gasteiger partial charge is 0.334 e. The molecule has 0 radical (unpaired) electrons. The quantitative estimate of drug-likeness (QED) is 0.334. The molecule has 0 aromatic rings. The van der Waals surface area contributed by atoms with Gasteiger partial charge in [0, 0.05) is 23.3 Å². The van der Waals surface area contributed by atoms with Gasteiger partial charge in [-0.15, -0.1) is 0 Å². The lowest BCUT2D eigenvalue weighted by Crippen LogP contribution is -2.60. The minimum absolute atomic E-state index is 0.0680. The summed E-state index contributed by atoms with van der Waals surface area (Å²) in [6, 6.07) is 0. The molecule has 2 aliphatic heterocycles. The Labute approximate surface area is 173 Å². The van der Waals surface area contributed by atoms with E-state index in [2.05, 4.69) is 6.58 Å². The number of ketones is 1. The molecule has 0 bridgehead atoms. The molecule has 4 rings (SSSR count). The molecule has 2 saturated heterocycles. The van der Waals surface area contributed by atoms with Crippen LogP contribution in [0.1, 0.15) is 20.3 Å². The van der Waals surface area contributed by atoms with E-state index in [0.717, 1.165) is 5.57 Å². The number of carbonyl (C=O) groups excluding carboxylic acids is 2. The van der Waals surface area contributed by atoms with Crippen molar-refractivity contribution >= 4 is 11.8 Å². The number of fused-ring (bicyclic) bond motifs is 3. The predicted octanol–water partition coefficient (Wildman–Crippen LogP) is -0.929. The summed E-state index contributed by atoms with van der Waals surface area (Å²) in [6.45, 7) is 7.01. The van der Waals surface area contributed by atoms with Crippen LogP contribution in [0.4, 0.5) is 0 Å². The molecule has 9 heteroatoms. The number of hydrogen-bond donors (Lipinski definition) is 4. The van der Waals surface area contributed by atoms with Gasteiger partial charge in [0.25, 0.3) is 0 Å². The third-order valence-corrected chi connectivity index (χ3v) is 7.11. The summed E-state index contributed by atoms with van der Waals surface area (Å²) < 4.78 is 17.1. The highest BCUT2D eigenvalue weighted by Gasteiger charge is 2.56. The number of aliphatic hydroxyl groups excluding tert-OH is 4. The average Bonchev–Trinajstić information content (AvgIpc) is 3.11. The molecule has 30 heavy (non-hydrogen) atoms. The van der Waals surface area contributed by atoms with Crippen LogP contribution >= 0.6 is 0 Å². The minimum Gasteiger partial charge on any atom is -0.458 e. The Hall–Kier alpha value is -1.62. The maximum Gasteiger partial charge on any atom is 0.334 e. The van der Waals surface area contributed by atoms with Gasteiger partial charge in [-0.25, -0.2) is 4.79 Å². The van der Waals surface area contributed by atoms with Crippen LogP contribution in [0.25, 0.3) is 0 Å². The van der Waals surface area contributed by atoms with Gasteiger partial charge in [0.2, 0.25) is 0 Å². The van der Waals surface area contributed by atoms with Crippen molar-refractivity contribution in [3.05, 3.63) is 23.8 Å². The molecule has 4 aliphatic rings. The van der Waals surface area contributed by atoms with Crippen LogP contribution in [-0.4, -0.2) is 81.7 Å². The monoisotopic (exact) mass is 424 g/mol. The molecular weight excluding hydrogens is 396 g/mol. The Morgan fingerprint density at radius 2 is 1.87 bits per heavy atom. The summed E-state index contributed by atoms with van der Waals surface area (Å²) in [4.78, 5) is 24.9. The zero-order chi connectivity index (χ0) is 21.9. The standard InChI is InChI=1S/C21H28O9/c1-7-4-11(23)15-9(3)12(5-10-8(2)20(27)30-19(10)14(7)15)28-21-18(26)17(25)16(24)13(6-22)29-21/h4,9-10,12-19,21-22,24-26H,2,5-6H2,1,3H3/t9-,10-,12+,13+,14-,15+,16+,17-,18+,19-,21+/m0/s1. The zero-order valence-corrected chi connectivity index (χ0v) is 16.9. The van der Waals surface area contributed by atoms with E-state index >= 15 is 0 Å². The maximum absolute atomic E-state index is 12.7. The summed E-state index contributed by atoms with van der Waals surface area (Å²) >= 11 is 0. The van der Waals surface area contributed by atoms with Crippen LogP contribution in [0.2, 0.25) is 0 Å². The second kappa shape index (κ2) is 7.81. The van der Waals surface area contributed by atoms with Gasteiger partial charge in [-0.3, -0.25) is 4.79 Å². The van der Waals surface area contributed by atoms with Crippen LogP contribution in [-0.2, 0) is 23.8 Å². The number of allylic oxidation sites excluding steroid dienone is 1. The third kappa shape index (κ3) is 3.24. The number of hydrogen-bond acceptors (Lipinski definition) is 9. The Morgan fingerprint density at radius 3 is 2.53 bits per heavy atom. The lowest BCUT2D eigenvalue weighted by molar-refractivity contribution is -0.316. The first-order valence-corrected chi connectivity index (χ1v) is 10.2. The van der Waals surface area contributed by atoms with E-state index in [9.17, 15) is 30.0 Å². The number of aliphatic hydroxyl groups is 4. The highest BCUT2D eigenvalue weighted by Crippen LogP contribution is 2.50. The van der Waals surface area contributed by atoms with Crippen LogP contribution < -0.4 is 0 Å². The SMILES string of the molecule is C=C1C(=O)O[C@@H]2[C@H]3C(C)=CC(=O)[C@H]3[C@@H](C)[C@H](O[C@@H]3O[C@H](CO)[C@@H](O)[C@H](O)[C@H]3O)C[C@@H]12. The van der Waals surface area contributed by atoms with E-state index in [1.807, 2.05) is 13.8 Å². The Balaban J connectivity index is 1.63. The zero-order valence-electron chi connectivity index (χ0n) is 16.9. The lowest BCUT2D eigenvalue weighted by atomic mass is 9.78. The molecule has 0 spiro atoms. The first-order chi connectivity index (χ1) is 14.1. The van der Waals surface area contributed by atoms with Gasteiger partial charge in [0.05, 0.1) is 12.7 Å². The highest BCUT2D eigenvalue weighted by atomic mass is 16.7. The molecular formula is C21H28O9. The van der Waals surface area contributed by atoms with Gasteiger partial charge < -0.3 is 34.6 Å². The summed E-state index contributed by atoms with van der Waals surface area (Å²) in [5, 5.41) is 39.8. The van der Waals surface area contributed by atoms with Crippen molar-refractivity contribution in [2.24, 2.45) is 23.7 Å². The van der Waals surface area contributed by atoms with Crippen molar-refractivity contribution < 1.29 is 44.2 Å². The summed E-state index contributed by atoms with van der Waals surface area (Å²) in [6.07, 6.45) is -6.26. The second-order valence-corrected chi connectivity index (χ2v) is 8.81. The Kier molecular flexibility index (Phi) is 5.63. The molecule has 1 saturated carbocycles. The largest absolute Gasteiger partial charge is 0.458 e. The van der Waals surface area contributed by atoms with Gasteiger partial charge in [0.15, 0.2) is 12.1 Å². The van der Waals surface area contributed by atoms with Gasteiger partial charge in [-0.1, -0.05) is 19.1 Å². The van der Waals surface area contributed by atoms with Crippen molar-refractivity contribution in [2.75, 3.05) is 6.61 Å². The second-order valence-electron chi connectivity index (χ2n) is 8.81. The Morgan fingerprint density at radius 1 is 1.17 bits per heavy atom. The minimum atomic E-state index is -1.56. The topological polar surface area (TPSA) is 143 Å². The number of rotatable bonds is 3. The number of esters is 1. The van der Waals surface area contributed by atoms with Crippen molar-refractivity contribution in [1.29, 1.82) is 0 Å². The van der Waals surface area contributed by atoms with Gasteiger partial charge >= 0.3 is 5.97 Å². The van der Waals surface area contributed by atoms with E-state index < -0.39 is 61.4 Å². The van der Waals surface area contributed by atoms with E-state index in [-0.39, 0.29) is 23.5 Å². The lowest BCUT2D eigenvalue weighted by Gasteiger charge is -2.42. The molecule has 0 aromatic carbocycles. The predicted molar refractivity (Wildman–Crippen MR) is 101 cm³/mol. The fourth-order valence-electron chi connectivity index (χ4n) is 5.39. The van der Waals surface area contributed by atoms with E-state index in [1.54, 1.807) is 6.08 Å². The van der Waals surface area contributed by atoms with Crippen molar-refractivity contribution in [2.45, 2.75) is 63.2 Å². The molecule has 9 nitrogen and oxygen atoms in total. The molecule has 0 unspecified atom stereocenters. The molecule has 11 atom stereocenters. The normalized spacial score (nSPS) is 48.7. The van der Waals surface area contributed by atoms with Crippen molar-refractivity contribution in [3.63, 3.8) is 0 Å². The van der Waals surface area contributed by atoms with Gasteiger partial charge in [-0.2, -0.15) is 0 Å². The maximum atomic E-state index is 12.7. The first kappa shape index (κ1) is 21.6. The third-order valence-electron chi connectivity index (χ3n) is 7.11. The number of carbonyl (C=O) groups is 2. The van der Waals surface area contributed by atoms with Crippen molar-refractivity contribution in [3.8, 4) is 0 Å². The van der Waals surface area contributed by atoms with E-state index in [0.29, 0.717) is 12.0 Å².